The number of benzene rings is 2. The Bertz CT molecular complexity index is 1050. The van der Waals surface area contributed by atoms with Gasteiger partial charge in [-0.05, 0) is 54.4 Å². The zero-order valence-electron chi connectivity index (χ0n) is 17.9. The van der Waals surface area contributed by atoms with Gasteiger partial charge < -0.3 is 10.2 Å². The lowest BCUT2D eigenvalue weighted by molar-refractivity contribution is -0.122. The molecule has 0 bridgehead atoms. The number of carbonyl (C=O) groups excluding carboxylic acids is 1. The topological polar surface area (TPSA) is 58.1 Å². The van der Waals surface area contributed by atoms with Crippen molar-refractivity contribution in [1.29, 1.82) is 0 Å². The Balaban J connectivity index is 1.06. The Hall–Kier alpha value is -2.44. The number of hydrogen-bond acceptors (Lipinski definition) is 5. The lowest BCUT2D eigenvalue weighted by atomic mass is 9.97. The number of halogens is 1. The summed E-state index contributed by atoms with van der Waals surface area (Å²) in [6.45, 7) is 2.71. The summed E-state index contributed by atoms with van der Waals surface area (Å²) in [6.07, 6.45) is 3.84. The molecular weight excluding hydrogens is 440 g/mol. The average Bonchev–Trinajstić information content (AvgIpc) is 3.51. The highest BCUT2D eigenvalue weighted by Gasteiger charge is 2.43. The summed E-state index contributed by atoms with van der Waals surface area (Å²) in [4.78, 5) is 19.6. The molecule has 0 radical (unpaired) electrons. The first-order valence-corrected chi connectivity index (χ1v) is 12.5. The third kappa shape index (κ3) is 5.13. The van der Waals surface area contributed by atoms with E-state index in [-0.39, 0.29) is 11.8 Å². The Kier molecular flexibility index (Phi) is 6.42. The molecule has 0 spiro atoms. The molecule has 1 aliphatic carbocycles. The molecule has 1 amide bonds. The Labute approximate surface area is 198 Å². The van der Waals surface area contributed by atoms with Gasteiger partial charge in [-0.25, -0.2) is 4.98 Å². The van der Waals surface area contributed by atoms with Gasteiger partial charge in [0.1, 0.15) is 5.82 Å². The van der Waals surface area contributed by atoms with E-state index in [1.807, 2.05) is 30.3 Å². The predicted octanol–water partition coefficient (Wildman–Crippen LogP) is 4.92. The predicted molar refractivity (Wildman–Crippen MR) is 129 cm³/mol. The third-order valence-corrected chi connectivity index (χ3v) is 7.60. The van der Waals surface area contributed by atoms with E-state index in [1.165, 1.54) is 22.7 Å². The second-order valence-electron chi connectivity index (χ2n) is 8.83. The molecule has 2 aromatic carbocycles. The van der Waals surface area contributed by atoms with E-state index in [4.69, 9.17) is 16.6 Å². The van der Waals surface area contributed by atoms with Crippen LogP contribution in [0.4, 0.5) is 5.13 Å². The molecule has 2 fully saturated rings. The average molecular weight is 467 g/mol. The third-order valence-electron chi connectivity index (χ3n) is 6.54. The highest BCUT2D eigenvalue weighted by atomic mass is 35.5. The quantitative estimate of drug-likeness (QED) is 0.537. The van der Waals surface area contributed by atoms with Gasteiger partial charge in [0.05, 0.1) is 0 Å². The summed E-state index contributed by atoms with van der Waals surface area (Å²) in [5.74, 6) is 2.16. The fourth-order valence-corrected chi connectivity index (χ4v) is 5.35. The minimum Gasteiger partial charge on any atom is -0.356 e. The molecule has 1 unspecified atom stereocenters. The van der Waals surface area contributed by atoms with Crippen LogP contribution in [0, 0.1) is 11.8 Å². The molecule has 5 nitrogen and oxygen atoms in total. The van der Waals surface area contributed by atoms with Gasteiger partial charge in [-0.3, -0.25) is 4.79 Å². The van der Waals surface area contributed by atoms with Crippen LogP contribution in [0.5, 0.6) is 0 Å². The fraction of sp³-hybridized carbons (Fsp3) is 0.400. The van der Waals surface area contributed by atoms with Crippen molar-refractivity contribution < 1.29 is 4.79 Å². The first-order valence-electron chi connectivity index (χ1n) is 11.3. The minimum absolute atomic E-state index is 0.151. The van der Waals surface area contributed by atoms with Crippen molar-refractivity contribution in [1.82, 2.24) is 14.7 Å². The van der Waals surface area contributed by atoms with E-state index in [0.29, 0.717) is 11.8 Å². The SMILES string of the molecule is O=C(NCC1CCN(c2nc(Cc3ccc(Cl)cc3)ns2)CC1)C1C[C@H]1c1ccccc1. The number of hydrogen-bond donors (Lipinski definition) is 1. The second-order valence-corrected chi connectivity index (χ2v) is 10.00. The summed E-state index contributed by atoms with van der Waals surface area (Å²) in [5.41, 5.74) is 2.45. The molecule has 3 aromatic rings. The summed E-state index contributed by atoms with van der Waals surface area (Å²) in [7, 11) is 0. The molecule has 2 heterocycles. The maximum Gasteiger partial charge on any atom is 0.223 e. The maximum absolute atomic E-state index is 12.5. The monoisotopic (exact) mass is 466 g/mol. The fourth-order valence-electron chi connectivity index (χ4n) is 4.49. The molecule has 1 aromatic heterocycles. The van der Waals surface area contributed by atoms with E-state index < -0.39 is 0 Å². The lowest BCUT2D eigenvalue weighted by Gasteiger charge is -2.31. The number of anilines is 1. The van der Waals surface area contributed by atoms with Crippen LogP contribution in [0.15, 0.2) is 54.6 Å². The maximum atomic E-state index is 12.5. The zero-order valence-corrected chi connectivity index (χ0v) is 19.5. The van der Waals surface area contributed by atoms with Gasteiger partial charge in [0, 0.05) is 48.5 Å². The van der Waals surface area contributed by atoms with Crippen LogP contribution in [0.2, 0.25) is 5.02 Å². The van der Waals surface area contributed by atoms with Crippen molar-refractivity contribution in [3.05, 3.63) is 76.6 Å². The Morgan fingerprint density at radius 1 is 1.09 bits per heavy atom. The molecule has 7 heteroatoms. The van der Waals surface area contributed by atoms with E-state index in [9.17, 15) is 4.79 Å². The van der Waals surface area contributed by atoms with Gasteiger partial charge >= 0.3 is 0 Å². The van der Waals surface area contributed by atoms with Gasteiger partial charge in [0.2, 0.25) is 11.0 Å². The van der Waals surface area contributed by atoms with Crippen molar-refractivity contribution in [2.75, 3.05) is 24.5 Å². The number of rotatable bonds is 7. The molecular formula is C25H27ClN4OS. The number of piperidine rings is 1. The van der Waals surface area contributed by atoms with Crippen LogP contribution in [-0.4, -0.2) is 34.9 Å². The van der Waals surface area contributed by atoms with Crippen LogP contribution in [-0.2, 0) is 11.2 Å². The van der Waals surface area contributed by atoms with E-state index >= 15 is 0 Å². The highest BCUT2D eigenvalue weighted by molar-refractivity contribution is 7.09. The number of nitrogens with one attached hydrogen (secondary N) is 1. The lowest BCUT2D eigenvalue weighted by Crippen LogP contribution is -2.39. The molecule has 1 N–H and O–H groups in total. The molecule has 166 valence electrons. The van der Waals surface area contributed by atoms with Crippen LogP contribution < -0.4 is 10.2 Å². The van der Waals surface area contributed by atoms with Crippen LogP contribution in [0.1, 0.15) is 42.1 Å². The standard InChI is InChI=1S/C25H27ClN4OS/c26-20-8-6-17(7-9-20)14-23-28-25(32-29-23)30-12-10-18(11-13-30)16-27-24(31)22-15-21(22)19-4-2-1-3-5-19/h1-9,18,21-22H,10-16H2,(H,27,31)/t21-,22?/m0/s1. The summed E-state index contributed by atoms with van der Waals surface area (Å²) < 4.78 is 4.54. The first kappa shape index (κ1) is 21.4. The van der Waals surface area contributed by atoms with E-state index in [2.05, 4.69) is 38.9 Å². The second kappa shape index (κ2) is 9.59. The minimum atomic E-state index is 0.151. The van der Waals surface area contributed by atoms with Crippen molar-refractivity contribution in [2.45, 2.75) is 31.6 Å². The number of aromatic nitrogens is 2. The van der Waals surface area contributed by atoms with Crippen LogP contribution in [0.3, 0.4) is 0 Å². The van der Waals surface area contributed by atoms with Crippen molar-refractivity contribution >= 4 is 34.2 Å². The number of nitrogens with zero attached hydrogens (tertiary/aromatic N) is 3. The van der Waals surface area contributed by atoms with Gasteiger partial charge in [0.25, 0.3) is 0 Å². The normalized spacial score (nSPS) is 20.8. The largest absolute Gasteiger partial charge is 0.356 e. The van der Waals surface area contributed by atoms with Crippen molar-refractivity contribution in [3.63, 3.8) is 0 Å². The molecule has 2 aliphatic rings. The summed E-state index contributed by atoms with van der Waals surface area (Å²) >= 11 is 7.44. The van der Waals surface area contributed by atoms with Gasteiger partial charge in [-0.15, -0.1) is 0 Å². The highest BCUT2D eigenvalue weighted by Crippen LogP contribution is 2.47. The van der Waals surface area contributed by atoms with Crippen LogP contribution in [0.25, 0.3) is 0 Å². The van der Waals surface area contributed by atoms with Gasteiger partial charge in [-0.1, -0.05) is 54.1 Å². The van der Waals surface area contributed by atoms with Gasteiger partial charge in [-0.2, -0.15) is 4.37 Å². The molecule has 2 atom stereocenters. The molecule has 32 heavy (non-hydrogen) atoms. The van der Waals surface area contributed by atoms with E-state index in [0.717, 1.165) is 61.3 Å². The summed E-state index contributed by atoms with van der Waals surface area (Å²) in [6, 6.07) is 18.2. The zero-order chi connectivity index (χ0) is 21.9. The molecule has 1 saturated heterocycles. The molecule has 1 aliphatic heterocycles. The first-order chi connectivity index (χ1) is 15.7. The smallest absolute Gasteiger partial charge is 0.223 e. The Morgan fingerprint density at radius 2 is 1.84 bits per heavy atom. The van der Waals surface area contributed by atoms with E-state index in [1.54, 1.807) is 0 Å². The molecule has 5 rings (SSSR count). The summed E-state index contributed by atoms with van der Waals surface area (Å²) in [5, 5.41) is 4.96. The molecule has 1 saturated carbocycles. The van der Waals surface area contributed by atoms with Crippen LogP contribution >= 0.6 is 23.1 Å². The van der Waals surface area contributed by atoms with Crippen molar-refractivity contribution in [3.8, 4) is 0 Å². The van der Waals surface area contributed by atoms with Crippen molar-refractivity contribution in [2.24, 2.45) is 11.8 Å². The Morgan fingerprint density at radius 3 is 2.59 bits per heavy atom. The van der Waals surface area contributed by atoms with Gasteiger partial charge in [0.15, 0.2) is 0 Å². The number of carbonyl (C=O) groups is 1. The number of amides is 1.